The average molecular weight is 293 g/mol. The number of nitrogens with zero attached hydrogens (tertiary/aromatic N) is 2. The summed E-state index contributed by atoms with van der Waals surface area (Å²) in [5, 5.41) is 7.38. The molecule has 21 heavy (non-hydrogen) atoms. The number of aromatic nitrogens is 3. The maximum absolute atomic E-state index is 12.8. The van der Waals surface area contributed by atoms with Crippen LogP contribution in [0.4, 0.5) is 24.7 Å². The summed E-state index contributed by atoms with van der Waals surface area (Å²) in [6.45, 7) is 0. The van der Waals surface area contributed by atoms with E-state index in [-0.39, 0.29) is 17.1 Å². The van der Waals surface area contributed by atoms with Crippen molar-refractivity contribution in [3.8, 4) is 11.1 Å². The first kappa shape index (κ1) is 13.2. The van der Waals surface area contributed by atoms with Gasteiger partial charge in [-0.3, -0.25) is 5.10 Å². The number of H-pyrrole nitrogens is 1. The summed E-state index contributed by atoms with van der Waals surface area (Å²) < 4.78 is 38.5. The van der Waals surface area contributed by atoms with Crippen molar-refractivity contribution in [1.82, 2.24) is 15.2 Å². The zero-order valence-electron chi connectivity index (χ0n) is 10.6. The topological polar surface area (TPSA) is 93.6 Å². The van der Waals surface area contributed by atoms with Gasteiger partial charge in [-0.15, -0.1) is 0 Å². The predicted molar refractivity (Wildman–Crippen MR) is 73.2 cm³/mol. The summed E-state index contributed by atoms with van der Waals surface area (Å²) in [5.74, 6) is -0.341. The molecule has 0 aliphatic heterocycles. The first-order valence-electron chi connectivity index (χ1n) is 5.93. The minimum absolute atomic E-state index is 0.0193. The third kappa shape index (κ3) is 2.24. The zero-order valence-corrected chi connectivity index (χ0v) is 10.6. The molecule has 0 unspecified atom stereocenters. The molecule has 0 amide bonds. The number of rotatable bonds is 1. The van der Waals surface area contributed by atoms with E-state index in [0.717, 1.165) is 17.0 Å². The fraction of sp³-hybridized carbons (Fsp3) is 0.0769. The van der Waals surface area contributed by atoms with Crippen molar-refractivity contribution >= 4 is 22.4 Å². The number of alkyl halides is 3. The number of hydrogen-bond acceptors (Lipinski definition) is 4. The molecule has 5 N–H and O–H groups in total. The number of hydrogen-bond donors (Lipinski definition) is 3. The first-order valence-corrected chi connectivity index (χ1v) is 5.93. The van der Waals surface area contributed by atoms with E-state index in [9.17, 15) is 13.2 Å². The molecule has 0 atom stereocenters. The van der Waals surface area contributed by atoms with Crippen molar-refractivity contribution in [3.63, 3.8) is 0 Å². The van der Waals surface area contributed by atoms with E-state index in [1.165, 1.54) is 0 Å². The van der Waals surface area contributed by atoms with Crippen LogP contribution in [0.5, 0.6) is 0 Å². The molecule has 8 heteroatoms. The van der Waals surface area contributed by atoms with Crippen LogP contribution in [0.25, 0.3) is 22.0 Å². The standard InChI is InChI=1S/C13H10F3N5/c14-13(15,16)10-4-8(11(17)12(18)20-10)6-1-2-9-7(3-6)5-19-21-9/h1-5H,17H2,(H2,18,20)(H,19,21). The number of nitrogen functional groups attached to an aromatic ring is 2. The second-order valence-corrected chi connectivity index (χ2v) is 4.52. The molecule has 0 saturated heterocycles. The van der Waals surface area contributed by atoms with E-state index in [1.807, 2.05) is 0 Å². The van der Waals surface area contributed by atoms with Crippen LogP contribution < -0.4 is 11.5 Å². The summed E-state index contributed by atoms with van der Waals surface area (Å²) in [7, 11) is 0. The average Bonchev–Trinajstić information content (AvgIpc) is 2.87. The normalized spacial score (nSPS) is 12.0. The SMILES string of the molecule is Nc1nc(C(F)(F)F)cc(-c2ccc3[nH]ncc3c2)c1N. The second kappa shape index (κ2) is 4.37. The minimum Gasteiger partial charge on any atom is -0.395 e. The molecule has 0 saturated carbocycles. The lowest BCUT2D eigenvalue weighted by molar-refractivity contribution is -0.141. The molecule has 0 radical (unpaired) electrons. The van der Waals surface area contributed by atoms with Crippen molar-refractivity contribution in [1.29, 1.82) is 0 Å². The molecule has 1 aromatic carbocycles. The van der Waals surface area contributed by atoms with Gasteiger partial charge in [0.2, 0.25) is 0 Å². The highest BCUT2D eigenvalue weighted by Crippen LogP contribution is 2.36. The quantitative estimate of drug-likeness (QED) is 0.643. The van der Waals surface area contributed by atoms with Crippen molar-refractivity contribution < 1.29 is 13.2 Å². The molecular formula is C13H10F3N5. The van der Waals surface area contributed by atoms with Crippen LogP contribution in [0.1, 0.15) is 5.69 Å². The van der Waals surface area contributed by atoms with E-state index in [4.69, 9.17) is 11.5 Å². The molecule has 3 rings (SSSR count). The fourth-order valence-electron chi connectivity index (χ4n) is 2.07. The zero-order chi connectivity index (χ0) is 15.2. The number of pyridine rings is 1. The van der Waals surface area contributed by atoms with E-state index in [1.54, 1.807) is 24.4 Å². The van der Waals surface area contributed by atoms with E-state index < -0.39 is 11.9 Å². The molecule has 5 nitrogen and oxygen atoms in total. The van der Waals surface area contributed by atoms with E-state index in [0.29, 0.717) is 5.56 Å². The van der Waals surface area contributed by atoms with Crippen LogP contribution in [-0.4, -0.2) is 15.2 Å². The highest BCUT2D eigenvalue weighted by Gasteiger charge is 2.34. The van der Waals surface area contributed by atoms with E-state index >= 15 is 0 Å². The Balaban J connectivity index is 2.22. The third-order valence-electron chi connectivity index (χ3n) is 3.13. The van der Waals surface area contributed by atoms with Crippen LogP contribution in [0.2, 0.25) is 0 Å². The summed E-state index contributed by atoms with van der Waals surface area (Å²) in [4.78, 5) is 3.29. The molecule has 3 aromatic rings. The first-order chi connectivity index (χ1) is 9.86. The minimum atomic E-state index is -4.59. The Bertz CT molecular complexity index is 822. The molecule has 0 spiro atoms. The highest BCUT2D eigenvalue weighted by molar-refractivity contribution is 5.89. The Morgan fingerprint density at radius 2 is 1.86 bits per heavy atom. The van der Waals surface area contributed by atoms with Crippen LogP contribution in [0.3, 0.4) is 0 Å². The van der Waals surface area contributed by atoms with Gasteiger partial charge in [0, 0.05) is 10.9 Å². The van der Waals surface area contributed by atoms with E-state index in [2.05, 4.69) is 15.2 Å². The Hall–Kier alpha value is -2.77. The predicted octanol–water partition coefficient (Wildman–Crippen LogP) is 2.81. The van der Waals surface area contributed by atoms with Gasteiger partial charge in [-0.1, -0.05) is 6.07 Å². The summed E-state index contributed by atoms with van der Waals surface area (Å²) in [6, 6.07) is 5.93. The van der Waals surface area contributed by atoms with Crippen LogP contribution in [0, 0.1) is 0 Å². The Kier molecular flexibility index (Phi) is 2.75. The number of fused-ring (bicyclic) bond motifs is 1. The number of benzene rings is 1. The van der Waals surface area contributed by atoms with Crippen LogP contribution in [0.15, 0.2) is 30.5 Å². The summed E-state index contributed by atoms with van der Waals surface area (Å²) >= 11 is 0. The van der Waals surface area contributed by atoms with Gasteiger partial charge >= 0.3 is 6.18 Å². The Morgan fingerprint density at radius 1 is 1.10 bits per heavy atom. The number of halogens is 3. The van der Waals surface area contributed by atoms with Crippen molar-refractivity contribution in [2.45, 2.75) is 6.18 Å². The molecule has 0 aliphatic rings. The van der Waals surface area contributed by atoms with Crippen molar-refractivity contribution in [2.24, 2.45) is 0 Å². The van der Waals surface area contributed by atoms with Gasteiger partial charge in [0.15, 0.2) is 0 Å². The van der Waals surface area contributed by atoms with Gasteiger partial charge in [0.05, 0.1) is 17.4 Å². The molecule has 2 aromatic heterocycles. The van der Waals surface area contributed by atoms with Gasteiger partial charge in [0.25, 0.3) is 0 Å². The lowest BCUT2D eigenvalue weighted by atomic mass is 10.0. The Morgan fingerprint density at radius 3 is 2.57 bits per heavy atom. The summed E-state index contributed by atoms with van der Waals surface area (Å²) in [6.07, 6.45) is -3.01. The smallest absolute Gasteiger partial charge is 0.395 e. The monoisotopic (exact) mass is 293 g/mol. The van der Waals surface area contributed by atoms with Gasteiger partial charge in [-0.2, -0.15) is 18.3 Å². The molecule has 108 valence electrons. The van der Waals surface area contributed by atoms with Crippen molar-refractivity contribution in [3.05, 3.63) is 36.2 Å². The fourth-order valence-corrected chi connectivity index (χ4v) is 2.07. The molecule has 2 heterocycles. The lowest BCUT2D eigenvalue weighted by Gasteiger charge is -2.13. The number of aromatic amines is 1. The molecule has 0 aliphatic carbocycles. The molecule has 0 bridgehead atoms. The van der Waals surface area contributed by atoms with Gasteiger partial charge in [0.1, 0.15) is 11.5 Å². The van der Waals surface area contributed by atoms with Crippen LogP contribution in [-0.2, 0) is 6.18 Å². The summed E-state index contributed by atoms with van der Waals surface area (Å²) in [5.41, 5.74) is 11.7. The van der Waals surface area contributed by atoms with Gasteiger partial charge < -0.3 is 11.5 Å². The Labute approximate surface area is 116 Å². The third-order valence-corrected chi connectivity index (χ3v) is 3.13. The van der Waals surface area contributed by atoms with Gasteiger partial charge in [-0.05, 0) is 23.8 Å². The largest absolute Gasteiger partial charge is 0.433 e. The maximum atomic E-state index is 12.8. The number of anilines is 2. The number of nitrogens with one attached hydrogen (secondary N) is 1. The lowest BCUT2D eigenvalue weighted by Crippen LogP contribution is -2.11. The molecule has 0 fully saturated rings. The van der Waals surface area contributed by atoms with Crippen LogP contribution >= 0.6 is 0 Å². The van der Waals surface area contributed by atoms with Crippen molar-refractivity contribution in [2.75, 3.05) is 11.5 Å². The number of nitrogens with two attached hydrogens (primary N) is 2. The molecular weight excluding hydrogens is 283 g/mol. The maximum Gasteiger partial charge on any atom is 0.433 e. The second-order valence-electron chi connectivity index (χ2n) is 4.52. The highest BCUT2D eigenvalue weighted by atomic mass is 19.4. The van der Waals surface area contributed by atoms with Gasteiger partial charge in [-0.25, -0.2) is 4.98 Å².